The Morgan fingerprint density at radius 2 is 1.84 bits per heavy atom. The van der Waals surface area contributed by atoms with E-state index in [0.717, 1.165) is 6.07 Å². The molecular formula is C13H10F4O2. The van der Waals surface area contributed by atoms with Crippen LogP contribution in [0.3, 0.4) is 0 Å². The van der Waals surface area contributed by atoms with Gasteiger partial charge in [0, 0.05) is 5.56 Å². The molecule has 0 saturated carbocycles. The Kier molecular flexibility index (Phi) is 3.36. The molecule has 0 amide bonds. The first-order valence-electron chi connectivity index (χ1n) is 5.39. The van der Waals surface area contributed by atoms with Crippen LogP contribution in [0, 0.1) is 12.7 Å². The van der Waals surface area contributed by atoms with Gasteiger partial charge in [0.25, 0.3) is 0 Å². The van der Waals surface area contributed by atoms with Gasteiger partial charge in [-0.2, -0.15) is 13.2 Å². The summed E-state index contributed by atoms with van der Waals surface area (Å²) in [5.74, 6) is -0.848. The van der Waals surface area contributed by atoms with E-state index in [-0.39, 0.29) is 5.56 Å². The van der Waals surface area contributed by atoms with Crippen LogP contribution in [-0.2, 0) is 6.18 Å². The van der Waals surface area contributed by atoms with Gasteiger partial charge in [0.1, 0.15) is 17.7 Å². The van der Waals surface area contributed by atoms with Crippen molar-refractivity contribution in [2.45, 2.75) is 19.2 Å². The molecule has 19 heavy (non-hydrogen) atoms. The summed E-state index contributed by atoms with van der Waals surface area (Å²) < 4.78 is 55.8. The highest BCUT2D eigenvalue weighted by Crippen LogP contribution is 2.34. The summed E-state index contributed by atoms with van der Waals surface area (Å²) >= 11 is 0. The van der Waals surface area contributed by atoms with E-state index in [9.17, 15) is 22.7 Å². The van der Waals surface area contributed by atoms with Crippen LogP contribution in [-0.4, -0.2) is 5.11 Å². The van der Waals surface area contributed by atoms with Crippen LogP contribution in [0.2, 0.25) is 0 Å². The zero-order valence-electron chi connectivity index (χ0n) is 9.83. The first kappa shape index (κ1) is 13.6. The molecule has 1 heterocycles. The van der Waals surface area contributed by atoms with Crippen molar-refractivity contribution >= 4 is 0 Å². The molecule has 6 heteroatoms. The van der Waals surface area contributed by atoms with Crippen LogP contribution in [0.25, 0.3) is 0 Å². The van der Waals surface area contributed by atoms with E-state index in [1.165, 1.54) is 12.3 Å². The van der Waals surface area contributed by atoms with Gasteiger partial charge in [-0.25, -0.2) is 4.39 Å². The van der Waals surface area contributed by atoms with E-state index in [1.807, 2.05) is 0 Å². The quantitative estimate of drug-likeness (QED) is 0.844. The monoisotopic (exact) mass is 274 g/mol. The number of hydrogen-bond donors (Lipinski definition) is 1. The molecule has 0 bridgehead atoms. The van der Waals surface area contributed by atoms with Crippen LogP contribution in [0.15, 0.2) is 34.9 Å². The van der Waals surface area contributed by atoms with Gasteiger partial charge < -0.3 is 9.52 Å². The number of furan rings is 1. The topological polar surface area (TPSA) is 33.4 Å². The Balaban J connectivity index is 2.41. The van der Waals surface area contributed by atoms with Gasteiger partial charge in [0.2, 0.25) is 0 Å². The molecule has 0 radical (unpaired) electrons. The smallest absolute Gasteiger partial charge is 0.419 e. The Bertz CT molecular complexity index is 587. The lowest BCUT2D eigenvalue weighted by Gasteiger charge is -2.13. The van der Waals surface area contributed by atoms with Crippen molar-refractivity contribution in [3.63, 3.8) is 0 Å². The number of hydrogen-bond acceptors (Lipinski definition) is 2. The molecule has 0 fully saturated rings. The van der Waals surface area contributed by atoms with Gasteiger partial charge >= 0.3 is 6.18 Å². The van der Waals surface area contributed by atoms with E-state index in [0.29, 0.717) is 23.5 Å². The SMILES string of the molecule is Cc1cc(C(O)c2ccc(F)c(C(F)(F)F)c2)co1. The molecule has 1 unspecified atom stereocenters. The number of aliphatic hydroxyl groups excluding tert-OH is 1. The molecule has 0 aliphatic rings. The second kappa shape index (κ2) is 4.70. The summed E-state index contributed by atoms with van der Waals surface area (Å²) in [6.07, 6.45) is -4.85. The fourth-order valence-corrected chi connectivity index (χ4v) is 1.73. The van der Waals surface area contributed by atoms with Crippen LogP contribution in [0.5, 0.6) is 0 Å². The lowest BCUT2D eigenvalue weighted by Crippen LogP contribution is -2.10. The summed E-state index contributed by atoms with van der Waals surface area (Å²) in [5, 5.41) is 9.94. The Morgan fingerprint density at radius 3 is 2.37 bits per heavy atom. The molecule has 0 aliphatic heterocycles. The molecule has 1 N–H and O–H groups in total. The fourth-order valence-electron chi connectivity index (χ4n) is 1.73. The van der Waals surface area contributed by atoms with Gasteiger partial charge in [-0.05, 0) is 30.7 Å². The third-order valence-corrected chi connectivity index (χ3v) is 2.68. The van der Waals surface area contributed by atoms with Crippen molar-refractivity contribution in [2.75, 3.05) is 0 Å². The third-order valence-electron chi connectivity index (χ3n) is 2.68. The maximum Gasteiger partial charge on any atom is 0.419 e. The fraction of sp³-hybridized carbons (Fsp3) is 0.231. The molecule has 2 aromatic rings. The van der Waals surface area contributed by atoms with Crippen molar-refractivity contribution in [3.8, 4) is 0 Å². The minimum Gasteiger partial charge on any atom is -0.469 e. The van der Waals surface area contributed by atoms with E-state index >= 15 is 0 Å². The van der Waals surface area contributed by atoms with Gasteiger partial charge in [0.15, 0.2) is 0 Å². The van der Waals surface area contributed by atoms with Crippen molar-refractivity contribution in [1.82, 2.24) is 0 Å². The first-order valence-corrected chi connectivity index (χ1v) is 5.39. The molecule has 2 rings (SSSR count). The number of aliphatic hydroxyl groups is 1. The van der Waals surface area contributed by atoms with Crippen LogP contribution in [0.1, 0.15) is 28.6 Å². The normalized spacial score (nSPS) is 13.6. The predicted molar refractivity (Wildman–Crippen MR) is 58.9 cm³/mol. The summed E-state index contributed by atoms with van der Waals surface area (Å²) in [7, 11) is 0. The van der Waals surface area contributed by atoms with E-state index in [4.69, 9.17) is 4.42 Å². The van der Waals surface area contributed by atoms with E-state index < -0.39 is 23.7 Å². The lowest BCUT2D eigenvalue weighted by molar-refractivity contribution is -0.140. The molecular weight excluding hydrogens is 264 g/mol. The average molecular weight is 274 g/mol. The summed E-state index contributed by atoms with van der Waals surface area (Å²) in [6, 6.07) is 3.90. The summed E-state index contributed by atoms with van der Waals surface area (Å²) in [4.78, 5) is 0. The number of aryl methyl sites for hydroxylation is 1. The largest absolute Gasteiger partial charge is 0.469 e. The van der Waals surface area contributed by atoms with Crippen molar-refractivity contribution in [3.05, 3.63) is 58.8 Å². The van der Waals surface area contributed by atoms with Gasteiger partial charge in [-0.3, -0.25) is 0 Å². The standard InChI is InChI=1S/C13H10F4O2/c1-7-4-9(6-19-7)12(18)8-2-3-11(14)10(5-8)13(15,16)17/h2-6,12,18H,1H3. The maximum atomic E-state index is 13.1. The molecule has 0 aliphatic carbocycles. The number of rotatable bonds is 2. The second-order valence-electron chi connectivity index (χ2n) is 4.13. The first-order chi connectivity index (χ1) is 8.79. The molecule has 1 aromatic heterocycles. The van der Waals surface area contributed by atoms with Gasteiger partial charge in [-0.15, -0.1) is 0 Å². The number of halogens is 4. The van der Waals surface area contributed by atoms with Crippen LogP contribution < -0.4 is 0 Å². The highest BCUT2D eigenvalue weighted by atomic mass is 19.4. The number of alkyl halides is 3. The molecule has 102 valence electrons. The van der Waals surface area contributed by atoms with E-state index in [1.54, 1.807) is 6.92 Å². The zero-order valence-corrected chi connectivity index (χ0v) is 9.83. The summed E-state index contributed by atoms with van der Waals surface area (Å²) in [6.45, 7) is 1.64. The average Bonchev–Trinajstić information content (AvgIpc) is 2.74. The Morgan fingerprint density at radius 1 is 1.16 bits per heavy atom. The zero-order chi connectivity index (χ0) is 14.2. The highest BCUT2D eigenvalue weighted by Gasteiger charge is 2.34. The van der Waals surface area contributed by atoms with Gasteiger partial charge in [0.05, 0.1) is 11.8 Å². The maximum absolute atomic E-state index is 13.1. The van der Waals surface area contributed by atoms with Crippen molar-refractivity contribution in [2.24, 2.45) is 0 Å². The van der Waals surface area contributed by atoms with Crippen LogP contribution in [0.4, 0.5) is 17.6 Å². The lowest BCUT2D eigenvalue weighted by atomic mass is 10.0. The predicted octanol–water partition coefficient (Wildman–Crippen LogP) is 3.83. The molecule has 0 saturated heterocycles. The van der Waals surface area contributed by atoms with Crippen molar-refractivity contribution in [1.29, 1.82) is 0 Å². The van der Waals surface area contributed by atoms with Gasteiger partial charge in [-0.1, -0.05) is 6.07 Å². The van der Waals surface area contributed by atoms with E-state index in [2.05, 4.69) is 0 Å². The van der Waals surface area contributed by atoms with Crippen LogP contribution >= 0.6 is 0 Å². The Labute approximate surface area is 106 Å². The third kappa shape index (κ3) is 2.78. The van der Waals surface area contributed by atoms with Crippen molar-refractivity contribution < 1.29 is 27.1 Å². The second-order valence-corrected chi connectivity index (χ2v) is 4.13. The molecule has 2 nitrogen and oxygen atoms in total. The highest BCUT2D eigenvalue weighted by molar-refractivity contribution is 5.33. The molecule has 0 spiro atoms. The minimum atomic E-state index is -4.80. The molecule has 1 aromatic carbocycles. The summed E-state index contributed by atoms with van der Waals surface area (Å²) in [5.41, 5.74) is -1.13. The Hall–Kier alpha value is -1.82. The molecule has 1 atom stereocenters. The minimum absolute atomic E-state index is 0.0467. The number of benzene rings is 1.